The normalized spacial score (nSPS) is 23.0. The number of thioether (sulfide) groups is 1. The van der Waals surface area contributed by atoms with Crippen LogP contribution in [0.3, 0.4) is 0 Å². The van der Waals surface area contributed by atoms with Crippen molar-refractivity contribution >= 4 is 11.8 Å². The number of ether oxygens (including phenoxy) is 5. The van der Waals surface area contributed by atoms with Crippen molar-refractivity contribution in [2.75, 3.05) is 6.61 Å². The van der Waals surface area contributed by atoms with Gasteiger partial charge in [-0.1, -0.05) is 139 Å². The maximum absolute atomic E-state index is 7.02. The quantitative estimate of drug-likeness (QED) is 0.167. The lowest BCUT2D eigenvalue weighted by molar-refractivity contribution is -0.254. The molecule has 0 amide bonds. The zero-order valence-electron chi connectivity index (χ0n) is 27.1. The molecule has 2 heterocycles. The number of fused-ring (bicyclic) bond motifs is 4. The average Bonchev–Trinajstić information content (AvgIpc) is 3.14. The van der Waals surface area contributed by atoms with Gasteiger partial charge in [-0.15, -0.1) is 0 Å². The topological polar surface area (TPSA) is 46.2 Å². The first-order valence-corrected chi connectivity index (χ1v) is 17.7. The van der Waals surface area contributed by atoms with Crippen molar-refractivity contribution in [2.45, 2.75) is 74.0 Å². The van der Waals surface area contributed by atoms with Gasteiger partial charge in [0, 0.05) is 4.90 Å². The van der Waals surface area contributed by atoms with E-state index in [1.165, 1.54) is 22.3 Å². The molecule has 0 aliphatic carbocycles. The van der Waals surface area contributed by atoms with Gasteiger partial charge in [0.2, 0.25) is 0 Å². The van der Waals surface area contributed by atoms with Crippen molar-refractivity contribution in [1.82, 2.24) is 0 Å². The third-order valence-corrected chi connectivity index (χ3v) is 10.2. The Labute approximate surface area is 288 Å². The van der Waals surface area contributed by atoms with E-state index >= 15 is 0 Å². The van der Waals surface area contributed by atoms with Gasteiger partial charge >= 0.3 is 0 Å². The Morgan fingerprint density at radius 3 is 1.65 bits per heavy atom. The van der Waals surface area contributed by atoms with Crippen molar-refractivity contribution in [2.24, 2.45) is 0 Å². The Balaban J connectivity index is 1.26. The highest BCUT2D eigenvalue weighted by Gasteiger charge is 2.49. The molecule has 0 N–H and O–H groups in total. The fourth-order valence-corrected chi connectivity index (χ4v) is 7.61. The Hall–Kier alpha value is -3.75. The van der Waals surface area contributed by atoms with Gasteiger partial charge in [-0.05, 0) is 58.4 Å². The second kappa shape index (κ2) is 16.6. The van der Waals surface area contributed by atoms with Crippen LogP contribution in [0.2, 0.25) is 0 Å². The number of benzene rings is 5. The molecule has 48 heavy (non-hydrogen) atoms. The molecule has 246 valence electrons. The molecule has 5 aromatic rings. The van der Waals surface area contributed by atoms with Crippen LogP contribution in [0.15, 0.2) is 144 Å². The highest BCUT2D eigenvalue weighted by atomic mass is 32.2. The van der Waals surface area contributed by atoms with Gasteiger partial charge < -0.3 is 23.7 Å². The van der Waals surface area contributed by atoms with Gasteiger partial charge in [-0.3, -0.25) is 0 Å². The molecule has 0 unspecified atom stereocenters. The smallest absolute Gasteiger partial charge is 0.137 e. The molecule has 1 saturated heterocycles. The largest absolute Gasteiger partial charge is 0.374 e. The lowest BCUT2D eigenvalue weighted by Crippen LogP contribution is -2.60. The van der Waals surface area contributed by atoms with E-state index in [1.54, 1.807) is 11.8 Å². The number of hydrogen-bond donors (Lipinski definition) is 0. The summed E-state index contributed by atoms with van der Waals surface area (Å²) in [6, 6.07) is 48.1. The first-order valence-electron chi connectivity index (χ1n) is 16.8. The second-order valence-electron chi connectivity index (χ2n) is 12.3. The number of rotatable bonds is 8. The average molecular weight is 659 g/mol. The molecular formula is C42H42O5S. The molecular weight excluding hydrogens is 617 g/mol. The Morgan fingerprint density at radius 2 is 1.04 bits per heavy atom. The molecule has 0 saturated carbocycles. The minimum absolute atomic E-state index is 0.360. The lowest BCUT2D eigenvalue weighted by atomic mass is 9.96. The molecule has 2 aliphatic heterocycles. The van der Waals surface area contributed by atoms with E-state index in [-0.39, 0.29) is 11.5 Å². The first-order chi connectivity index (χ1) is 23.8. The molecule has 5 nitrogen and oxygen atoms in total. The van der Waals surface area contributed by atoms with E-state index in [0.29, 0.717) is 33.0 Å². The minimum Gasteiger partial charge on any atom is -0.374 e. The fourth-order valence-electron chi connectivity index (χ4n) is 6.47. The molecule has 7 rings (SSSR count). The monoisotopic (exact) mass is 658 g/mol. The van der Waals surface area contributed by atoms with Crippen molar-refractivity contribution in [3.8, 4) is 0 Å². The van der Waals surface area contributed by atoms with E-state index in [4.69, 9.17) is 23.7 Å². The highest BCUT2D eigenvalue weighted by molar-refractivity contribution is 7.99. The van der Waals surface area contributed by atoms with E-state index in [0.717, 1.165) is 28.9 Å². The van der Waals surface area contributed by atoms with Gasteiger partial charge in [-0.25, -0.2) is 0 Å². The van der Waals surface area contributed by atoms with Crippen molar-refractivity contribution < 1.29 is 23.7 Å². The van der Waals surface area contributed by atoms with Crippen LogP contribution in [-0.2, 0) is 63.0 Å². The molecule has 5 atom stereocenters. The number of hydrogen-bond acceptors (Lipinski definition) is 6. The van der Waals surface area contributed by atoms with Crippen molar-refractivity contribution in [1.29, 1.82) is 0 Å². The summed E-state index contributed by atoms with van der Waals surface area (Å²) in [6.45, 7) is 2.16. The maximum Gasteiger partial charge on any atom is 0.137 e. The van der Waals surface area contributed by atoms with Gasteiger partial charge in [0.25, 0.3) is 0 Å². The van der Waals surface area contributed by atoms with E-state index in [9.17, 15) is 0 Å². The molecule has 2 bridgehead atoms. The molecule has 0 radical (unpaired) electrons. The maximum atomic E-state index is 7.02. The van der Waals surface area contributed by atoms with Crippen LogP contribution >= 0.6 is 11.8 Å². The summed E-state index contributed by atoms with van der Waals surface area (Å²) < 4.78 is 34.2. The van der Waals surface area contributed by atoms with Crippen LogP contribution in [-0.4, -0.2) is 36.5 Å². The highest BCUT2D eigenvalue weighted by Crippen LogP contribution is 2.38. The third kappa shape index (κ3) is 8.45. The molecule has 1 fully saturated rings. The minimum atomic E-state index is -0.441. The summed E-state index contributed by atoms with van der Waals surface area (Å²) >= 11 is 1.66. The van der Waals surface area contributed by atoms with Crippen molar-refractivity contribution in [3.05, 3.63) is 173 Å². The molecule has 6 heteroatoms. The number of aryl methyl sites for hydroxylation is 2. The van der Waals surface area contributed by atoms with Gasteiger partial charge in [0.1, 0.15) is 29.9 Å². The molecule has 2 aliphatic rings. The van der Waals surface area contributed by atoms with Crippen LogP contribution in [0.1, 0.15) is 33.4 Å². The summed E-state index contributed by atoms with van der Waals surface area (Å²) in [7, 11) is 0. The molecule has 0 spiro atoms. The van der Waals surface area contributed by atoms with Crippen LogP contribution in [0.4, 0.5) is 0 Å². The standard InChI is InChI=1S/C42H42O5S/c1-4-14-31(15-5-1)26-44-39-38-30-43-28-35-20-12-10-18-33(35)24-25-34-19-11-13-21-36(34)29-46-40(39)41(45-27-32-16-6-2-7-17-32)42(47-38)48-37-22-8-3-9-23-37/h1-23,38-42H,24-30H2/t38-,39-,40+,41-,42-/m1/s1. The zero-order chi connectivity index (χ0) is 32.4. The molecule has 0 aromatic heterocycles. The fraction of sp³-hybridized carbons (Fsp3) is 0.286. The van der Waals surface area contributed by atoms with Crippen LogP contribution in [0.25, 0.3) is 0 Å². The second-order valence-corrected chi connectivity index (χ2v) is 13.5. The van der Waals surface area contributed by atoms with Crippen LogP contribution < -0.4 is 0 Å². The summed E-state index contributed by atoms with van der Waals surface area (Å²) in [5, 5.41) is 0. The van der Waals surface area contributed by atoms with Gasteiger partial charge in [0.15, 0.2) is 0 Å². The van der Waals surface area contributed by atoms with Gasteiger partial charge in [0.05, 0.1) is 33.0 Å². The lowest BCUT2D eigenvalue weighted by Gasteiger charge is -2.46. The Morgan fingerprint density at radius 1 is 0.542 bits per heavy atom. The summed E-state index contributed by atoms with van der Waals surface area (Å²) in [5.74, 6) is 0. The van der Waals surface area contributed by atoms with E-state index in [1.807, 2.05) is 42.5 Å². The summed E-state index contributed by atoms with van der Waals surface area (Å²) in [6.07, 6.45) is 0.172. The Kier molecular flexibility index (Phi) is 11.3. The predicted octanol–water partition coefficient (Wildman–Crippen LogP) is 8.58. The van der Waals surface area contributed by atoms with Crippen molar-refractivity contribution in [3.63, 3.8) is 0 Å². The van der Waals surface area contributed by atoms with Gasteiger partial charge in [-0.2, -0.15) is 0 Å². The van der Waals surface area contributed by atoms with E-state index < -0.39 is 18.3 Å². The SMILES string of the molecule is c1ccc(CO[C@@H]2[C@H]3OCc4ccccc4CCc4ccccc4COC[C@@H](O[C@@H]2Sc2ccccc2)[C@H]3OCc2ccccc2)cc1. The summed E-state index contributed by atoms with van der Waals surface area (Å²) in [4.78, 5) is 1.10. The van der Waals surface area contributed by atoms with Crippen LogP contribution in [0, 0.1) is 0 Å². The first kappa shape index (κ1) is 32.8. The predicted molar refractivity (Wildman–Crippen MR) is 190 cm³/mol. The zero-order valence-corrected chi connectivity index (χ0v) is 27.9. The Bertz CT molecular complexity index is 1700. The van der Waals surface area contributed by atoms with E-state index in [2.05, 4.69) is 97.1 Å². The molecule has 5 aromatic carbocycles. The van der Waals surface area contributed by atoms with Crippen LogP contribution in [0.5, 0.6) is 0 Å². The third-order valence-electron chi connectivity index (χ3n) is 9.03. The summed E-state index contributed by atoms with van der Waals surface area (Å²) in [5.41, 5.74) is 6.80.